The van der Waals surface area contributed by atoms with Crippen molar-refractivity contribution in [3.8, 4) is 0 Å². The van der Waals surface area contributed by atoms with Crippen molar-refractivity contribution < 1.29 is 9.13 Å². The van der Waals surface area contributed by atoms with Crippen LogP contribution in [0.25, 0.3) is 11.0 Å². The third-order valence-electron chi connectivity index (χ3n) is 4.86. The molecular formula is C20H21FN4O2. The van der Waals surface area contributed by atoms with Crippen LogP contribution >= 0.6 is 0 Å². The maximum atomic E-state index is 13.9. The molecule has 4 rings (SSSR count). The van der Waals surface area contributed by atoms with Gasteiger partial charge < -0.3 is 19.5 Å². The molecule has 0 radical (unpaired) electrons. The minimum absolute atomic E-state index is 0.173. The summed E-state index contributed by atoms with van der Waals surface area (Å²) in [5.74, 6) is -0.165. The molecule has 0 spiro atoms. The zero-order chi connectivity index (χ0) is 19.0. The Morgan fingerprint density at radius 3 is 2.56 bits per heavy atom. The standard InChI is InChI=1S/C20H21FN4O2/c1-13-11-18-17(12-16(13)21)23-19(20(26)24(18)2)22-14-3-5-15(6-4-14)25-7-9-27-10-8-25/h3-6,11-12H,7-10H2,1-2H3,(H,22,23). The van der Waals surface area contributed by atoms with Crippen LogP contribution in [0.5, 0.6) is 0 Å². The summed E-state index contributed by atoms with van der Waals surface area (Å²) >= 11 is 0. The first kappa shape index (κ1) is 17.5. The summed E-state index contributed by atoms with van der Waals surface area (Å²) < 4.78 is 20.8. The van der Waals surface area contributed by atoms with Crippen molar-refractivity contribution in [1.29, 1.82) is 0 Å². The molecule has 140 valence electrons. The zero-order valence-corrected chi connectivity index (χ0v) is 15.3. The minimum atomic E-state index is -0.338. The van der Waals surface area contributed by atoms with Crippen LogP contribution in [0.2, 0.25) is 0 Å². The summed E-state index contributed by atoms with van der Waals surface area (Å²) in [7, 11) is 1.66. The van der Waals surface area contributed by atoms with E-state index in [1.54, 1.807) is 20.0 Å². The monoisotopic (exact) mass is 368 g/mol. The van der Waals surface area contributed by atoms with Crippen molar-refractivity contribution in [3.05, 3.63) is 58.1 Å². The summed E-state index contributed by atoms with van der Waals surface area (Å²) in [5, 5.41) is 3.06. The first-order valence-electron chi connectivity index (χ1n) is 8.89. The molecule has 1 saturated heterocycles. The fourth-order valence-electron chi connectivity index (χ4n) is 3.25. The van der Waals surface area contributed by atoms with Crippen LogP contribution in [0.3, 0.4) is 0 Å². The molecule has 0 unspecified atom stereocenters. The lowest BCUT2D eigenvalue weighted by molar-refractivity contribution is 0.122. The first-order chi connectivity index (χ1) is 13.0. The van der Waals surface area contributed by atoms with Crippen molar-refractivity contribution in [2.24, 2.45) is 7.05 Å². The second kappa shape index (κ2) is 7.00. The summed E-state index contributed by atoms with van der Waals surface area (Å²) in [5.41, 5.74) is 3.13. The summed E-state index contributed by atoms with van der Waals surface area (Å²) in [4.78, 5) is 19.2. The maximum Gasteiger partial charge on any atom is 0.293 e. The highest BCUT2D eigenvalue weighted by Gasteiger charge is 2.13. The van der Waals surface area contributed by atoms with E-state index in [0.29, 0.717) is 16.6 Å². The van der Waals surface area contributed by atoms with Gasteiger partial charge in [-0.3, -0.25) is 4.79 Å². The van der Waals surface area contributed by atoms with E-state index in [1.807, 2.05) is 24.3 Å². The zero-order valence-electron chi connectivity index (χ0n) is 15.3. The first-order valence-corrected chi connectivity index (χ1v) is 8.89. The average Bonchev–Trinajstić information content (AvgIpc) is 2.69. The van der Waals surface area contributed by atoms with Gasteiger partial charge in [0.15, 0.2) is 5.82 Å². The number of benzene rings is 2. The number of rotatable bonds is 3. The van der Waals surface area contributed by atoms with Gasteiger partial charge in [-0.1, -0.05) is 0 Å². The van der Waals surface area contributed by atoms with Gasteiger partial charge in [0, 0.05) is 37.6 Å². The average molecular weight is 368 g/mol. The Morgan fingerprint density at radius 2 is 1.85 bits per heavy atom. The van der Waals surface area contributed by atoms with Gasteiger partial charge in [-0.15, -0.1) is 0 Å². The van der Waals surface area contributed by atoms with E-state index in [2.05, 4.69) is 15.2 Å². The van der Waals surface area contributed by atoms with E-state index in [4.69, 9.17) is 4.74 Å². The van der Waals surface area contributed by atoms with Crippen molar-refractivity contribution in [1.82, 2.24) is 9.55 Å². The van der Waals surface area contributed by atoms with Gasteiger partial charge in [-0.25, -0.2) is 9.37 Å². The third-order valence-corrected chi connectivity index (χ3v) is 4.86. The Balaban J connectivity index is 1.64. The summed E-state index contributed by atoms with van der Waals surface area (Å²) in [6.45, 7) is 4.86. The van der Waals surface area contributed by atoms with Gasteiger partial charge in [0.25, 0.3) is 5.56 Å². The number of aromatic nitrogens is 2. The van der Waals surface area contributed by atoms with Gasteiger partial charge in [0.05, 0.1) is 24.2 Å². The molecule has 27 heavy (non-hydrogen) atoms. The number of anilines is 3. The summed E-state index contributed by atoms with van der Waals surface area (Å²) in [6.07, 6.45) is 0. The molecule has 2 aromatic carbocycles. The van der Waals surface area contributed by atoms with E-state index < -0.39 is 0 Å². The van der Waals surface area contributed by atoms with Crippen LogP contribution in [0.15, 0.2) is 41.2 Å². The topological polar surface area (TPSA) is 59.4 Å². The number of ether oxygens (including phenoxy) is 1. The van der Waals surface area contributed by atoms with Crippen LogP contribution in [-0.4, -0.2) is 35.9 Å². The smallest absolute Gasteiger partial charge is 0.293 e. The van der Waals surface area contributed by atoms with E-state index in [9.17, 15) is 9.18 Å². The molecule has 0 saturated carbocycles. The fourth-order valence-corrected chi connectivity index (χ4v) is 3.25. The quantitative estimate of drug-likeness (QED) is 0.770. The van der Waals surface area contributed by atoms with Gasteiger partial charge >= 0.3 is 0 Å². The number of nitrogens with zero attached hydrogens (tertiary/aromatic N) is 3. The Kier molecular flexibility index (Phi) is 4.53. The highest BCUT2D eigenvalue weighted by Crippen LogP contribution is 2.22. The van der Waals surface area contributed by atoms with Gasteiger partial charge in [0.2, 0.25) is 0 Å². The molecule has 1 aromatic heterocycles. The molecule has 7 heteroatoms. The number of nitrogens with one attached hydrogen (secondary N) is 1. The van der Waals surface area contributed by atoms with Crippen molar-refractivity contribution in [2.45, 2.75) is 6.92 Å². The molecular weight excluding hydrogens is 347 g/mol. The largest absolute Gasteiger partial charge is 0.378 e. The third kappa shape index (κ3) is 3.38. The second-order valence-corrected chi connectivity index (χ2v) is 6.69. The van der Waals surface area contributed by atoms with Crippen LogP contribution in [-0.2, 0) is 11.8 Å². The lowest BCUT2D eigenvalue weighted by Crippen LogP contribution is -2.36. The molecule has 0 aliphatic carbocycles. The molecule has 1 aliphatic rings. The van der Waals surface area contributed by atoms with E-state index >= 15 is 0 Å². The van der Waals surface area contributed by atoms with Crippen molar-refractivity contribution >= 4 is 28.2 Å². The SMILES string of the molecule is Cc1cc2c(cc1F)nc(Nc1ccc(N3CCOCC3)cc1)c(=O)n2C. The number of hydrogen-bond donors (Lipinski definition) is 1. The molecule has 0 amide bonds. The Morgan fingerprint density at radius 1 is 1.15 bits per heavy atom. The molecule has 1 fully saturated rings. The lowest BCUT2D eigenvalue weighted by Gasteiger charge is -2.28. The number of hydrogen-bond acceptors (Lipinski definition) is 5. The highest BCUT2D eigenvalue weighted by atomic mass is 19.1. The molecule has 1 N–H and O–H groups in total. The van der Waals surface area contributed by atoms with Gasteiger partial charge in [-0.2, -0.15) is 0 Å². The van der Waals surface area contributed by atoms with Crippen LogP contribution in [0.1, 0.15) is 5.56 Å². The number of morpholine rings is 1. The Bertz CT molecular complexity index is 1040. The predicted octanol–water partition coefficient (Wildman–Crippen LogP) is 2.96. The molecule has 0 bridgehead atoms. The molecule has 6 nitrogen and oxygen atoms in total. The van der Waals surface area contributed by atoms with Crippen molar-refractivity contribution in [3.63, 3.8) is 0 Å². The highest BCUT2D eigenvalue weighted by molar-refractivity contribution is 5.78. The number of fused-ring (bicyclic) bond motifs is 1. The molecule has 3 aromatic rings. The van der Waals surface area contributed by atoms with Crippen LogP contribution in [0, 0.1) is 12.7 Å². The van der Waals surface area contributed by atoms with E-state index in [1.165, 1.54) is 10.6 Å². The number of aryl methyl sites for hydroxylation is 2. The van der Waals surface area contributed by atoms with Crippen LogP contribution < -0.4 is 15.8 Å². The van der Waals surface area contributed by atoms with Crippen molar-refractivity contribution in [2.75, 3.05) is 36.5 Å². The molecule has 2 heterocycles. The summed E-state index contributed by atoms with van der Waals surface area (Å²) in [6, 6.07) is 10.8. The predicted molar refractivity (Wildman–Crippen MR) is 104 cm³/mol. The minimum Gasteiger partial charge on any atom is -0.378 e. The van der Waals surface area contributed by atoms with E-state index in [0.717, 1.165) is 37.7 Å². The molecule has 1 aliphatic heterocycles. The van der Waals surface area contributed by atoms with Gasteiger partial charge in [0.1, 0.15) is 5.82 Å². The number of halogens is 1. The van der Waals surface area contributed by atoms with Gasteiger partial charge in [-0.05, 0) is 42.8 Å². The molecule has 0 atom stereocenters. The normalized spacial score (nSPS) is 14.6. The second-order valence-electron chi connectivity index (χ2n) is 6.69. The fraction of sp³-hybridized carbons (Fsp3) is 0.300. The maximum absolute atomic E-state index is 13.9. The Hall–Kier alpha value is -2.93. The lowest BCUT2D eigenvalue weighted by atomic mass is 10.2. The Labute approximate surface area is 156 Å². The van der Waals surface area contributed by atoms with Crippen LogP contribution in [0.4, 0.5) is 21.6 Å². The van der Waals surface area contributed by atoms with E-state index in [-0.39, 0.29) is 17.2 Å².